The Morgan fingerprint density at radius 1 is 1.13 bits per heavy atom. The molecule has 1 heterocycles. The standard InChI is InChI=1S/C20H23NO2/c1-13(2)23-20(22)18-14(3)16-11-7-8-12-17(16)21-19(18)15-9-5-4-6-10-15/h4-6,9-10,13H,7-8,11-12H2,1-3H3. The Morgan fingerprint density at radius 3 is 2.52 bits per heavy atom. The van der Waals surface area contributed by atoms with E-state index in [9.17, 15) is 4.79 Å². The van der Waals surface area contributed by atoms with Crippen LogP contribution in [0.15, 0.2) is 30.3 Å². The Hall–Kier alpha value is -2.16. The van der Waals surface area contributed by atoms with Crippen LogP contribution in [0.2, 0.25) is 0 Å². The van der Waals surface area contributed by atoms with Gasteiger partial charge in [-0.3, -0.25) is 4.98 Å². The molecule has 1 aliphatic rings. The van der Waals surface area contributed by atoms with Gasteiger partial charge in [0.05, 0.1) is 17.4 Å². The van der Waals surface area contributed by atoms with Gasteiger partial charge in [0, 0.05) is 11.3 Å². The molecule has 0 amide bonds. The highest BCUT2D eigenvalue weighted by Crippen LogP contribution is 2.32. The summed E-state index contributed by atoms with van der Waals surface area (Å²) in [6.45, 7) is 5.79. The van der Waals surface area contributed by atoms with Crippen molar-refractivity contribution in [3.05, 3.63) is 52.7 Å². The van der Waals surface area contributed by atoms with Crippen LogP contribution in [0.4, 0.5) is 0 Å². The second-order valence-corrected chi connectivity index (χ2v) is 6.41. The van der Waals surface area contributed by atoms with Crippen molar-refractivity contribution in [2.45, 2.75) is 52.6 Å². The lowest BCUT2D eigenvalue weighted by Gasteiger charge is -2.22. The van der Waals surface area contributed by atoms with Crippen LogP contribution >= 0.6 is 0 Å². The first-order chi connectivity index (χ1) is 11.1. The summed E-state index contributed by atoms with van der Waals surface area (Å²) in [6.07, 6.45) is 4.20. The lowest BCUT2D eigenvalue weighted by Crippen LogP contribution is -2.18. The molecule has 0 unspecified atom stereocenters. The molecule has 1 aromatic carbocycles. The van der Waals surface area contributed by atoms with Crippen molar-refractivity contribution in [3.8, 4) is 11.3 Å². The van der Waals surface area contributed by atoms with E-state index in [1.54, 1.807) is 0 Å². The molecule has 3 nitrogen and oxygen atoms in total. The monoisotopic (exact) mass is 309 g/mol. The van der Waals surface area contributed by atoms with Crippen molar-refractivity contribution in [2.75, 3.05) is 0 Å². The molecular formula is C20H23NO2. The minimum absolute atomic E-state index is 0.137. The minimum atomic E-state index is -0.266. The Kier molecular flexibility index (Phi) is 4.46. The van der Waals surface area contributed by atoms with Gasteiger partial charge in [0.2, 0.25) is 0 Å². The third-order valence-corrected chi connectivity index (χ3v) is 4.34. The van der Waals surface area contributed by atoms with Crippen molar-refractivity contribution in [1.82, 2.24) is 4.98 Å². The molecule has 120 valence electrons. The number of aryl methyl sites for hydroxylation is 1. The number of aromatic nitrogens is 1. The van der Waals surface area contributed by atoms with Crippen LogP contribution < -0.4 is 0 Å². The van der Waals surface area contributed by atoms with E-state index in [1.807, 2.05) is 51.1 Å². The van der Waals surface area contributed by atoms with Gasteiger partial charge in [-0.05, 0) is 57.6 Å². The molecule has 0 saturated carbocycles. The molecule has 0 fully saturated rings. The zero-order valence-corrected chi connectivity index (χ0v) is 14.1. The SMILES string of the molecule is Cc1c2c(nc(-c3ccccc3)c1C(=O)OC(C)C)CCCC2. The fraction of sp³-hybridized carbons (Fsp3) is 0.400. The molecule has 0 saturated heterocycles. The van der Waals surface area contributed by atoms with Crippen molar-refractivity contribution in [3.63, 3.8) is 0 Å². The second-order valence-electron chi connectivity index (χ2n) is 6.41. The Morgan fingerprint density at radius 2 is 1.83 bits per heavy atom. The number of hydrogen-bond donors (Lipinski definition) is 0. The molecule has 0 N–H and O–H groups in total. The highest BCUT2D eigenvalue weighted by Gasteiger charge is 2.25. The average Bonchev–Trinajstić information content (AvgIpc) is 2.55. The van der Waals surface area contributed by atoms with E-state index in [1.165, 1.54) is 18.4 Å². The van der Waals surface area contributed by atoms with E-state index in [2.05, 4.69) is 0 Å². The van der Waals surface area contributed by atoms with Gasteiger partial charge in [-0.25, -0.2) is 4.79 Å². The number of esters is 1. The predicted octanol–water partition coefficient (Wildman–Crippen LogP) is 4.50. The van der Waals surface area contributed by atoms with E-state index in [4.69, 9.17) is 9.72 Å². The number of nitrogens with zero attached hydrogens (tertiary/aromatic N) is 1. The Bertz CT molecular complexity index is 720. The first-order valence-electron chi connectivity index (χ1n) is 8.36. The van der Waals surface area contributed by atoms with E-state index < -0.39 is 0 Å². The number of rotatable bonds is 3. The second kappa shape index (κ2) is 6.53. The lowest BCUT2D eigenvalue weighted by atomic mass is 9.88. The molecule has 0 atom stereocenters. The summed E-state index contributed by atoms with van der Waals surface area (Å²) in [7, 11) is 0. The van der Waals surface area contributed by atoms with E-state index in [0.29, 0.717) is 5.56 Å². The Balaban J connectivity index is 2.20. The van der Waals surface area contributed by atoms with Gasteiger partial charge in [-0.15, -0.1) is 0 Å². The first kappa shape index (κ1) is 15.7. The predicted molar refractivity (Wildman–Crippen MR) is 91.6 cm³/mol. The lowest BCUT2D eigenvalue weighted by molar-refractivity contribution is 0.0377. The molecule has 0 spiro atoms. The summed E-state index contributed by atoms with van der Waals surface area (Å²) in [4.78, 5) is 17.6. The van der Waals surface area contributed by atoms with Crippen LogP contribution in [-0.4, -0.2) is 17.1 Å². The maximum Gasteiger partial charge on any atom is 0.340 e. The zero-order chi connectivity index (χ0) is 16.4. The maximum atomic E-state index is 12.7. The van der Waals surface area contributed by atoms with Crippen molar-refractivity contribution < 1.29 is 9.53 Å². The molecular weight excluding hydrogens is 286 g/mol. The van der Waals surface area contributed by atoms with Gasteiger partial charge in [0.25, 0.3) is 0 Å². The molecule has 1 aromatic heterocycles. The Labute approximate surface area is 137 Å². The average molecular weight is 309 g/mol. The fourth-order valence-electron chi connectivity index (χ4n) is 3.26. The summed E-state index contributed by atoms with van der Waals surface area (Å²) in [6, 6.07) is 9.93. The van der Waals surface area contributed by atoms with Gasteiger partial charge < -0.3 is 4.74 Å². The summed E-state index contributed by atoms with van der Waals surface area (Å²) < 4.78 is 5.49. The van der Waals surface area contributed by atoms with Crippen molar-refractivity contribution in [1.29, 1.82) is 0 Å². The number of benzene rings is 1. The molecule has 3 heteroatoms. The number of carbonyl (C=O) groups is 1. The van der Waals surface area contributed by atoms with Crippen LogP contribution in [0.5, 0.6) is 0 Å². The zero-order valence-electron chi connectivity index (χ0n) is 14.1. The van der Waals surface area contributed by atoms with Crippen molar-refractivity contribution in [2.24, 2.45) is 0 Å². The topological polar surface area (TPSA) is 39.2 Å². The van der Waals surface area contributed by atoms with Crippen LogP contribution in [0.3, 0.4) is 0 Å². The molecule has 2 aromatic rings. The summed E-state index contributed by atoms with van der Waals surface area (Å²) in [5, 5.41) is 0. The molecule has 1 aliphatic carbocycles. The van der Waals surface area contributed by atoms with E-state index in [-0.39, 0.29) is 12.1 Å². The van der Waals surface area contributed by atoms with Gasteiger partial charge >= 0.3 is 5.97 Å². The van der Waals surface area contributed by atoms with Crippen LogP contribution in [0, 0.1) is 6.92 Å². The fourth-order valence-corrected chi connectivity index (χ4v) is 3.26. The highest BCUT2D eigenvalue weighted by atomic mass is 16.5. The third kappa shape index (κ3) is 3.14. The number of pyridine rings is 1. The molecule has 3 rings (SSSR count). The maximum absolute atomic E-state index is 12.7. The number of hydrogen-bond acceptors (Lipinski definition) is 3. The highest BCUT2D eigenvalue weighted by molar-refractivity contribution is 5.98. The van der Waals surface area contributed by atoms with Crippen LogP contribution in [0.1, 0.15) is 53.9 Å². The van der Waals surface area contributed by atoms with Crippen molar-refractivity contribution >= 4 is 5.97 Å². The molecule has 0 bridgehead atoms. The van der Waals surface area contributed by atoms with Gasteiger partial charge in [0.1, 0.15) is 0 Å². The number of carbonyl (C=O) groups excluding carboxylic acids is 1. The van der Waals surface area contributed by atoms with Crippen LogP contribution in [-0.2, 0) is 17.6 Å². The largest absolute Gasteiger partial charge is 0.459 e. The number of ether oxygens (including phenoxy) is 1. The quantitative estimate of drug-likeness (QED) is 0.784. The normalized spacial score (nSPS) is 13.7. The molecule has 0 radical (unpaired) electrons. The van der Waals surface area contributed by atoms with E-state index >= 15 is 0 Å². The third-order valence-electron chi connectivity index (χ3n) is 4.34. The molecule has 23 heavy (non-hydrogen) atoms. The van der Waals surface area contributed by atoms with Gasteiger partial charge in [-0.2, -0.15) is 0 Å². The minimum Gasteiger partial charge on any atom is -0.459 e. The summed E-state index contributed by atoms with van der Waals surface area (Å²) in [5.74, 6) is -0.266. The molecule has 0 aliphatic heterocycles. The summed E-state index contributed by atoms with van der Waals surface area (Å²) >= 11 is 0. The van der Waals surface area contributed by atoms with Gasteiger partial charge in [-0.1, -0.05) is 30.3 Å². The number of fused-ring (bicyclic) bond motifs is 1. The summed E-state index contributed by atoms with van der Waals surface area (Å²) in [5.41, 5.74) is 5.79. The first-order valence-corrected chi connectivity index (χ1v) is 8.36. The van der Waals surface area contributed by atoms with Crippen LogP contribution in [0.25, 0.3) is 11.3 Å². The smallest absolute Gasteiger partial charge is 0.340 e. The van der Waals surface area contributed by atoms with E-state index in [0.717, 1.165) is 35.4 Å². The van der Waals surface area contributed by atoms with Gasteiger partial charge in [0.15, 0.2) is 0 Å².